The lowest BCUT2D eigenvalue weighted by molar-refractivity contribution is -0.123. The Labute approximate surface area is 86.5 Å². The molecule has 0 radical (unpaired) electrons. The van der Waals surface area contributed by atoms with E-state index in [4.69, 9.17) is 0 Å². The minimum atomic E-state index is 0.300. The van der Waals surface area contributed by atoms with E-state index in [0.717, 1.165) is 12.3 Å². The highest BCUT2D eigenvalue weighted by Gasteiger charge is 2.25. The van der Waals surface area contributed by atoms with E-state index < -0.39 is 0 Å². The summed E-state index contributed by atoms with van der Waals surface area (Å²) in [5.41, 5.74) is 0. The molecule has 2 nitrogen and oxygen atoms in total. The number of amides is 1. The number of carbonyl (C=O) groups is 1. The van der Waals surface area contributed by atoms with E-state index in [2.05, 4.69) is 12.2 Å². The number of carbonyl (C=O) groups excluding carboxylic acids is 1. The molecule has 0 aromatic carbocycles. The van der Waals surface area contributed by atoms with Gasteiger partial charge in [-0.05, 0) is 43.9 Å². The summed E-state index contributed by atoms with van der Waals surface area (Å²) < 4.78 is 0. The molecule has 80 valence electrons. The molecule has 2 aliphatic rings. The molecule has 0 aliphatic heterocycles. The normalized spacial score (nSPS) is 32.6. The van der Waals surface area contributed by atoms with Crippen LogP contribution >= 0.6 is 0 Å². The zero-order valence-corrected chi connectivity index (χ0v) is 9.09. The standard InChI is InChI=1S/C12H21NO/c1-9-5-6-11(7-9)13-12(14)8-10-3-2-4-10/h9-11H,2-8H2,1H3,(H,13,14). The third kappa shape index (κ3) is 2.49. The van der Waals surface area contributed by atoms with Gasteiger partial charge < -0.3 is 5.32 Å². The zero-order valence-electron chi connectivity index (χ0n) is 9.09. The SMILES string of the molecule is CC1CCC(NC(=O)CC2CCC2)C1. The maximum atomic E-state index is 11.6. The van der Waals surface area contributed by atoms with Crippen molar-refractivity contribution >= 4 is 5.91 Å². The van der Waals surface area contributed by atoms with Gasteiger partial charge in [0.25, 0.3) is 0 Å². The van der Waals surface area contributed by atoms with Crippen molar-refractivity contribution < 1.29 is 4.79 Å². The van der Waals surface area contributed by atoms with Gasteiger partial charge in [-0.15, -0.1) is 0 Å². The van der Waals surface area contributed by atoms with Crippen molar-refractivity contribution in [3.8, 4) is 0 Å². The van der Waals surface area contributed by atoms with Crippen LogP contribution in [0.3, 0.4) is 0 Å². The van der Waals surface area contributed by atoms with Gasteiger partial charge in [0.2, 0.25) is 5.91 Å². The molecule has 0 saturated heterocycles. The van der Waals surface area contributed by atoms with Crippen molar-refractivity contribution in [1.82, 2.24) is 5.32 Å². The molecular formula is C12H21NO. The predicted octanol–water partition coefficient (Wildman–Crippen LogP) is 2.48. The summed E-state index contributed by atoms with van der Waals surface area (Å²) in [5.74, 6) is 1.81. The zero-order chi connectivity index (χ0) is 9.97. The van der Waals surface area contributed by atoms with Crippen molar-refractivity contribution in [2.45, 2.75) is 57.9 Å². The fourth-order valence-electron chi connectivity index (χ4n) is 2.58. The number of hydrogen-bond donors (Lipinski definition) is 1. The molecule has 2 aliphatic carbocycles. The Balaban J connectivity index is 1.66. The van der Waals surface area contributed by atoms with Crippen LogP contribution in [0.5, 0.6) is 0 Å². The topological polar surface area (TPSA) is 29.1 Å². The van der Waals surface area contributed by atoms with E-state index in [1.165, 1.54) is 38.5 Å². The summed E-state index contributed by atoms with van der Waals surface area (Å²) >= 11 is 0. The quantitative estimate of drug-likeness (QED) is 0.736. The van der Waals surface area contributed by atoms with E-state index in [-0.39, 0.29) is 0 Å². The second-order valence-electron chi connectivity index (χ2n) is 5.18. The third-order valence-corrected chi connectivity index (χ3v) is 3.76. The summed E-state index contributed by atoms with van der Waals surface area (Å²) in [5, 5.41) is 3.17. The summed E-state index contributed by atoms with van der Waals surface area (Å²) in [6, 6.07) is 0.484. The second-order valence-corrected chi connectivity index (χ2v) is 5.18. The lowest BCUT2D eigenvalue weighted by Crippen LogP contribution is -2.34. The molecule has 0 bridgehead atoms. The molecule has 2 saturated carbocycles. The molecule has 0 aromatic heterocycles. The fourth-order valence-corrected chi connectivity index (χ4v) is 2.58. The second kappa shape index (κ2) is 4.33. The van der Waals surface area contributed by atoms with Crippen LogP contribution in [0.25, 0.3) is 0 Å². The molecule has 1 N–H and O–H groups in total. The Morgan fingerprint density at radius 3 is 2.57 bits per heavy atom. The van der Waals surface area contributed by atoms with Gasteiger partial charge in [0, 0.05) is 12.5 Å². The van der Waals surface area contributed by atoms with E-state index in [0.29, 0.717) is 17.9 Å². The smallest absolute Gasteiger partial charge is 0.220 e. The molecule has 0 aromatic rings. The van der Waals surface area contributed by atoms with Gasteiger partial charge >= 0.3 is 0 Å². The lowest BCUT2D eigenvalue weighted by atomic mass is 9.83. The van der Waals surface area contributed by atoms with Gasteiger partial charge in [0.15, 0.2) is 0 Å². The van der Waals surface area contributed by atoms with Crippen molar-refractivity contribution in [2.75, 3.05) is 0 Å². The van der Waals surface area contributed by atoms with E-state index in [1.807, 2.05) is 0 Å². The van der Waals surface area contributed by atoms with Crippen LogP contribution in [0.15, 0.2) is 0 Å². The third-order valence-electron chi connectivity index (χ3n) is 3.76. The van der Waals surface area contributed by atoms with Crippen LogP contribution in [0, 0.1) is 11.8 Å². The molecule has 14 heavy (non-hydrogen) atoms. The molecule has 2 heteroatoms. The summed E-state index contributed by atoms with van der Waals surface area (Å²) in [6.45, 7) is 2.28. The fraction of sp³-hybridized carbons (Fsp3) is 0.917. The first-order valence-electron chi connectivity index (χ1n) is 6.03. The number of rotatable bonds is 3. The maximum absolute atomic E-state index is 11.6. The van der Waals surface area contributed by atoms with Crippen LogP contribution in [0.4, 0.5) is 0 Å². The Kier molecular flexibility index (Phi) is 3.09. The van der Waals surface area contributed by atoms with E-state index in [9.17, 15) is 4.79 Å². The summed E-state index contributed by atoms with van der Waals surface area (Å²) in [6.07, 6.45) is 8.33. The molecule has 0 spiro atoms. The monoisotopic (exact) mass is 195 g/mol. The maximum Gasteiger partial charge on any atom is 0.220 e. The first-order valence-corrected chi connectivity index (χ1v) is 6.03. The molecule has 2 rings (SSSR count). The van der Waals surface area contributed by atoms with Crippen LogP contribution < -0.4 is 5.32 Å². The van der Waals surface area contributed by atoms with Crippen molar-refractivity contribution in [1.29, 1.82) is 0 Å². The van der Waals surface area contributed by atoms with Crippen molar-refractivity contribution in [3.63, 3.8) is 0 Å². The minimum Gasteiger partial charge on any atom is -0.353 e. The molecule has 0 heterocycles. The largest absolute Gasteiger partial charge is 0.353 e. The molecule has 2 unspecified atom stereocenters. The Morgan fingerprint density at radius 1 is 1.29 bits per heavy atom. The highest BCUT2D eigenvalue weighted by atomic mass is 16.1. The highest BCUT2D eigenvalue weighted by Crippen LogP contribution is 2.30. The van der Waals surface area contributed by atoms with Crippen LogP contribution in [0.2, 0.25) is 0 Å². The van der Waals surface area contributed by atoms with E-state index >= 15 is 0 Å². The highest BCUT2D eigenvalue weighted by molar-refractivity contribution is 5.76. The molecule has 2 atom stereocenters. The predicted molar refractivity (Wildman–Crippen MR) is 56.9 cm³/mol. The Hall–Kier alpha value is -0.530. The van der Waals surface area contributed by atoms with Crippen molar-refractivity contribution in [3.05, 3.63) is 0 Å². The van der Waals surface area contributed by atoms with Gasteiger partial charge in [-0.1, -0.05) is 13.3 Å². The first-order chi connectivity index (χ1) is 6.74. The Bertz CT molecular complexity index is 210. The minimum absolute atomic E-state index is 0.300. The lowest BCUT2D eigenvalue weighted by Gasteiger charge is -2.25. The van der Waals surface area contributed by atoms with E-state index in [1.54, 1.807) is 0 Å². The summed E-state index contributed by atoms with van der Waals surface area (Å²) in [4.78, 5) is 11.6. The average Bonchev–Trinajstić information content (AvgIpc) is 2.44. The number of hydrogen-bond acceptors (Lipinski definition) is 1. The Morgan fingerprint density at radius 2 is 2.07 bits per heavy atom. The molecule has 2 fully saturated rings. The molecular weight excluding hydrogens is 174 g/mol. The first kappa shape index (κ1) is 10.0. The van der Waals surface area contributed by atoms with Gasteiger partial charge in [-0.25, -0.2) is 0 Å². The van der Waals surface area contributed by atoms with Crippen molar-refractivity contribution in [2.24, 2.45) is 11.8 Å². The van der Waals surface area contributed by atoms with Gasteiger partial charge in [0.05, 0.1) is 0 Å². The van der Waals surface area contributed by atoms with Crippen LogP contribution in [0.1, 0.15) is 51.9 Å². The molecule has 1 amide bonds. The average molecular weight is 195 g/mol. The van der Waals surface area contributed by atoms with Crippen LogP contribution in [-0.2, 0) is 4.79 Å². The summed E-state index contributed by atoms with van der Waals surface area (Å²) in [7, 11) is 0. The van der Waals surface area contributed by atoms with Gasteiger partial charge in [-0.2, -0.15) is 0 Å². The van der Waals surface area contributed by atoms with Crippen LogP contribution in [-0.4, -0.2) is 11.9 Å². The number of nitrogens with one attached hydrogen (secondary N) is 1. The van der Waals surface area contributed by atoms with Gasteiger partial charge in [-0.3, -0.25) is 4.79 Å². The van der Waals surface area contributed by atoms with Gasteiger partial charge in [0.1, 0.15) is 0 Å².